The van der Waals surface area contributed by atoms with Crippen molar-refractivity contribution in [2.24, 2.45) is 0 Å². The first kappa shape index (κ1) is 16.3. The molecule has 1 aromatic carbocycles. The van der Waals surface area contributed by atoms with Gasteiger partial charge >= 0.3 is 6.18 Å². The molecular weight excluding hydrogens is 303 g/mol. The maximum absolute atomic E-state index is 12.7. The second-order valence-corrected chi connectivity index (χ2v) is 6.09. The number of hydrogen-bond donors (Lipinski definition) is 1. The fourth-order valence-electron chi connectivity index (χ4n) is 1.57. The van der Waals surface area contributed by atoms with E-state index >= 15 is 0 Å². The Labute approximate surface area is 114 Å². The third-order valence-corrected chi connectivity index (χ3v) is 4.66. The fourth-order valence-corrected chi connectivity index (χ4v) is 3.25. The van der Waals surface area contributed by atoms with Crippen LogP contribution in [0.25, 0.3) is 0 Å². The Morgan fingerprint density at radius 1 is 1.37 bits per heavy atom. The van der Waals surface area contributed by atoms with E-state index in [1.165, 1.54) is 6.92 Å². The Bertz CT molecular complexity index is 558. The highest BCUT2D eigenvalue weighted by molar-refractivity contribution is 7.89. The maximum Gasteiger partial charge on any atom is 0.416 e. The van der Waals surface area contributed by atoms with Gasteiger partial charge in [0.05, 0.1) is 10.5 Å². The average molecular weight is 316 g/mol. The Hall–Kier alpha value is -0.790. The monoisotopic (exact) mass is 315 g/mol. The van der Waals surface area contributed by atoms with Crippen LogP contribution in [0, 0.1) is 6.92 Å². The van der Waals surface area contributed by atoms with Crippen LogP contribution in [0.15, 0.2) is 23.1 Å². The fraction of sp³-hybridized carbons (Fsp3) is 0.455. The van der Waals surface area contributed by atoms with Crippen LogP contribution in [0.2, 0.25) is 0 Å². The zero-order valence-corrected chi connectivity index (χ0v) is 11.8. The van der Waals surface area contributed by atoms with Crippen molar-refractivity contribution in [1.29, 1.82) is 0 Å². The number of alkyl halides is 4. The van der Waals surface area contributed by atoms with Crippen molar-refractivity contribution in [3.8, 4) is 0 Å². The van der Waals surface area contributed by atoms with E-state index in [-0.39, 0.29) is 16.3 Å². The lowest BCUT2D eigenvalue weighted by molar-refractivity contribution is -0.138. The molecule has 0 heterocycles. The summed E-state index contributed by atoms with van der Waals surface area (Å²) in [6.45, 7) is 2.65. The summed E-state index contributed by atoms with van der Waals surface area (Å²) >= 11 is 5.48. The number of halogens is 4. The molecule has 1 atom stereocenters. The van der Waals surface area contributed by atoms with Gasteiger partial charge in [0.1, 0.15) is 0 Å². The SMILES string of the molecule is Cc1c(C(F)(F)F)cccc1S(=O)(=O)NC(C)CCl. The Morgan fingerprint density at radius 3 is 2.42 bits per heavy atom. The molecule has 0 saturated carbocycles. The lowest BCUT2D eigenvalue weighted by Crippen LogP contribution is -2.34. The zero-order chi connectivity index (χ0) is 14.8. The summed E-state index contributed by atoms with van der Waals surface area (Å²) in [4.78, 5) is -0.390. The van der Waals surface area contributed by atoms with Gasteiger partial charge in [-0.3, -0.25) is 0 Å². The molecule has 0 aliphatic rings. The molecule has 0 fully saturated rings. The molecule has 0 saturated heterocycles. The zero-order valence-electron chi connectivity index (χ0n) is 10.3. The van der Waals surface area contributed by atoms with E-state index in [2.05, 4.69) is 4.72 Å². The summed E-state index contributed by atoms with van der Waals surface area (Å²) in [7, 11) is -4.02. The van der Waals surface area contributed by atoms with Gasteiger partial charge in [-0.05, 0) is 31.5 Å². The van der Waals surface area contributed by atoms with Gasteiger partial charge in [0.25, 0.3) is 0 Å². The van der Waals surface area contributed by atoms with Crippen LogP contribution in [0.3, 0.4) is 0 Å². The Balaban J connectivity index is 3.30. The van der Waals surface area contributed by atoms with Gasteiger partial charge in [-0.15, -0.1) is 11.6 Å². The maximum atomic E-state index is 12.7. The van der Waals surface area contributed by atoms with Crippen molar-refractivity contribution in [3.63, 3.8) is 0 Å². The number of hydrogen-bond acceptors (Lipinski definition) is 2. The summed E-state index contributed by atoms with van der Waals surface area (Å²) in [5.74, 6) is 0.0250. The van der Waals surface area contributed by atoms with Gasteiger partial charge in [0.2, 0.25) is 10.0 Å². The van der Waals surface area contributed by atoms with E-state index in [9.17, 15) is 21.6 Å². The van der Waals surface area contributed by atoms with Crippen molar-refractivity contribution in [2.75, 3.05) is 5.88 Å². The Morgan fingerprint density at radius 2 is 1.95 bits per heavy atom. The highest BCUT2D eigenvalue weighted by Gasteiger charge is 2.34. The summed E-state index contributed by atoms with van der Waals surface area (Å²) in [5.41, 5.74) is -1.29. The molecule has 0 aliphatic heterocycles. The summed E-state index contributed by atoms with van der Waals surface area (Å²) in [6.07, 6.45) is -4.59. The normalized spacial score (nSPS) is 14.4. The molecule has 0 amide bonds. The number of nitrogens with one attached hydrogen (secondary N) is 1. The Kier molecular flexibility index (Phi) is 4.86. The highest BCUT2D eigenvalue weighted by atomic mass is 35.5. The second kappa shape index (κ2) is 5.68. The van der Waals surface area contributed by atoms with Crippen LogP contribution < -0.4 is 4.72 Å². The second-order valence-electron chi connectivity index (χ2n) is 4.10. The first-order chi connectivity index (χ1) is 8.59. The smallest absolute Gasteiger partial charge is 0.207 e. The van der Waals surface area contributed by atoms with Crippen LogP contribution in [0.4, 0.5) is 13.2 Å². The van der Waals surface area contributed by atoms with E-state index in [0.29, 0.717) is 0 Å². The number of benzene rings is 1. The topological polar surface area (TPSA) is 46.2 Å². The van der Waals surface area contributed by atoms with Gasteiger partial charge < -0.3 is 0 Å². The number of rotatable bonds is 4. The van der Waals surface area contributed by atoms with Crippen molar-refractivity contribution in [3.05, 3.63) is 29.3 Å². The summed E-state index contributed by atoms with van der Waals surface area (Å²) in [5, 5.41) is 0. The van der Waals surface area contributed by atoms with E-state index in [0.717, 1.165) is 25.1 Å². The van der Waals surface area contributed by atoms with Crippen LogP contribution in [-0.4, -0.2) is 20.3 Å². The summed E-state index contributed by atoms with van der Waals surface area (Å²) < 4.78 is 64.3. The molecule has 0 bridgehead atoms. The van der Waals surface area contributed by atoms with Gasteiger partial charge in [-0.1, -0.05) is 6.07 Å². The van der Waals surface area contributed by atoms with Crippen molar-refractivity contribution in [1.82, 2.24) is 4.72 Å². The molecule has 8 heteroatoms. The van der Waals surface area contributed by atoms with Crippen LogP contribution in [0.1, 0.15) is 18.1 Å². The third kappa shape index (κ3) is 3.84. The minimum absolute atomic E-state index is 0.0250. The lowest BCUT2D eigenvalue weighted by atomic mass is 10.1. The van der Waals surface area contributed by atoms with Gasteiger partial charge in [0.15, 0.2) is 0 Å². The molecule has 1 N–H and O–H groups in total. The average Bonchev–Trinajstić information content (AvgIpc) is 2.26. The lowest BCUT2D eigenvalue weighted by Gasteiger charge is -2.16. The first-order valence-corrected chi connectivity index (χ1v) is 7.36. The standard InChI is InChI=1S/C11H13ClF3NO2S/c1-7(6-12)16-19(17,18)10-5-3-4-9(8(10)2)11(13,14)15/h3-5,7,16H,6H2,1-2H3. The molecule has 19 heavy (non-hydrogen) atoms. The van der Waals surface area contributed by atoms with Crippen molar-refractivity contribution < 1.29 is 21.6 Å². The predicted octanol–water partition coefficient (Wildman–Crippen LogP) is 2.92. The van der Waals surface area contributed by atoms with Gasteiger partial charge in [-0.2, -0.15) is 13.2 Å². The third-order valence-electron chi connectivity index (χ3n) is 2.47. The molecule has 0 radical (unpaired) electrons. The number of sulfonamides is 1. The molecular formula is C11H13ClF3NO2S. The minimum atomic E-state index is -4.59. The van der Waals surface area contributed by atoms with Gasteiger partial charge in [0, 0.05) is 11.9 Å². The molecule has 3 nitrogen and oxygen atoms in total. The largest absolute Gasteiger partial charge is 0.416 e. The molecule has 0 spiro atoms. The van der Waals surface area contributed by atoms with E-state index in [1.807, 2.05) is 0 Å². The molecule has 1 aromatic rings. The molecule has 0 aromatic heterocycles. The van der Waals surface area contributed by atoms with Gasteiger partial charge in [-0.25, -0.2) is 13.1 Å². The van der Waals surface area contributed by atoms with E-state index in [4.69, 9.17) is 11.6 Å². The molecule has 108 valence electrons. The minimum Gasteiger partial charge on any atom is -0.207 e. The highest BCUT2D eigenvalue weighted by Crippen LogP contribution is 2.34. The molecule has 0 aliphatic carbocycles. The molecule has 1 rings (SSSR count). The quantitative estimate of drug-likeness (QED) is 0.868. The summed E-state index contributed by atoms with van der Waals surface area (Å²) in [6, 6.07) is 2.48. The first-order valence-electron chi connectivity index (χ1n) is 5.34. The van der Waals surface area contributed by atoms with E-state index < -0.39 is 27.8 Å². The van der Waals surface area contributed by atoms with Crippen LogP contribution in [-0.2, 0) is 16.2 Å². The van der Waals surface area contributed by atoms with Crippen LogP contribution in [0.5, 0.6) is 0 Å². The van der Waals surface area contributed by atoms with Crippen LogP contribution >= 0.6 is 11.6 Å². The molecule has 1 unspecified atom stereocenters. The predicted molar refractivity (Wildman–Crippen MR) is 66.7 cm³/mol. The van der Waals surface area contributed by atoms with E-state index in [1.54, 1.807) is 0 Å². The van der Waals surface area contributed by atoms with Crippen molar-refractivity contribution in [2.45, 2.75) is 31.0 Å². The van der Waals surface area contributed by atoms with Crippen molar-refractivity contribution >= 4 is 21.6 Å².